The zero-order valence-corrected chi connectivity index (χ0v) is 11.8. The largest absolute Gasteiger partial charge is 0.381 e. The smallest absolute Gasteiger partial charge is 0.0469 e. The first kappa shape index (κ1) is 14.3. The van der Waals surface area contributed by atoms with Crippen molar-refractivity contribution in [3.8, 4) is 0 Å². The molecule has 0 N–H and O–H groups in total. The summed E-state index contributed by atoms with van der Waals surface area (Å²) in [5.74, 6) is 2.37. The quantitative estimate of drug-likeness (QED) is 0.496. The average molecular weight is 247 g/mol. The molecule has 1 nitrogen and oxygen atoms in total. The lowest BCUT2D eigenvalue weighted by molar-refractivity contribution is 0.105. The molecule has 1 fully saturated rings. The van der Waals surface area contributed by atoms with E-state index in [2.05, 4.69) is 20.8 Å². The van der Waals surface area contributed by atoms with Gasteiger partial charge in [0.25, 0.3) is 0 Å². The highest BCUT2D eigenvalue weighted by Crippen LogP contribution is 2.37. The van der Waals surface area contributed by atoms with Crippen LogP contribution in [0.1, 0.15) is 52.9 Å². The fourth-order valence-electron chi connectivity index (χ4n) is 2.65. The highest BCUT2D eigenvalue weighted by molar-refractivity contribution is 6.20. The minimum absolute atomic E-state index is 0.389. The van der Waals surface area contributed by atoms with Crippen LogP contribution in [0.2, 0.25) is 0 Å². The van der Waals surface area contributed by atoms with Crippen LogP contribution in [-0.2, 0) is 4.74 Å². The number of hydrogen-bond donors (Lipinski definition) is 0. The molecule has 0 amide bonds. The van der Waals surface area contributed by atoms with Gasteiger partial charge in [-0.2, -0.15) is 0 Å². The second-order valence-electron chi connectivity index (χ2n) is 5.49. The number of rotatable bonds is 6. The van der Waals surface area contributed by atoms with Crippen LogP contribution in [-0.4, -0.2) is 18.6 Å². The molecule has 0 heterocycles. The molecule has 96 valence electrons. The molecule has 1 saturated carbocycles. The molecule has 0 radical (unpaired) electrons. The third kappa shape index (κ3) is 4.63. The highest BCUT2D eigenvalue weighted by atomic mass is 35.5. The Hall–Kier alpha value is 0.250. The molecule has 1 aliphatic carbocycles. The molecule has 0 spiro atoms. The molecule has 0 saturated heterocycles. The van der Waals surface area contributed by atoms with Crippen molar-refractivity contribution in [1.82, 2.24) is 0 Å². The summed E-state index contributed by atoms with van der Waals surface area (Å²) in [6.07, 6.45) is 6.09. The van der Waals surface area contributed by atoms with E-state index >= 15 is 0 Å². The molecule has 1 rings (SSSR count). The zero-order chi connectivity index (χ0) is 12.0. The normalized spacial score (nSPS) is 30.9. The van der Waals surface area contributed by atoms with Crippen molar-refractivity contribution in [2.75, 3.05) is 13.2 Å². The van der Waals surface area contributed by atoms with Gasteiger partial charge in [-0.1, -0.05) is 20.8 Å². The molecule has 0 aromatic carbocycles. The van der Waals surface area contributed by atoms with Crippen LogP contribution in [0.5, 0.6) is 0 Å². The first-order valence-corrected chi connectivity index (χ1v) is 7.30. The summed E-state index contributed by atoms with van der Waals surface area (Å²) in [6, 6.07) is 0. The van der Waals surface area contributed by atoms with E-state index in [4.69, 9.17) is 16.3 Å². The minimum Gasteiger partial charge on any atom is -0.381 e. The Morgan fingerprint density at radius 2 is 2.00 bits per heavy atom. The second kappa shape index (κ2) is 7.55. The van der Waals surface area contributed by atoms with Crippen LogP contribution in [0.25, 0.3) is 0 Å². The Bertz CT molecular complexity index is 182. The third-order valence-electron chi connectivity index (χ3n) is 3.85. The Morgan fingerprint density at radius 3 is 2.62 bits per heavy atom. The molecule has 3 atom stereocenters. The average Bonchev–Trinajstić information content (AvgIpc) is 2.26. The molecule has 16 heavy (non-hydrogen) atoms. The van der Waals surface area contributed by atoms with Crippen molar-refractivity contribution in [2.45, 2.75) is 58.3 Å². The van der Waals surface area contributed by atoms with Crippen LogP contribution in [0.15, 0.2) is 0 Å². The maximum Gasteiger partial charge on any atom is 0.0469 e. The number of alkyl halides is 1. The summed E-state index contributed by atoms with van der Waals surface area (Å²) in [5.41, 5.74) is 0. The molecular formula is C14H27ClO. The van der Waals surface area contributed by atoms with E-state index in [1.165, 1.54) is 19.3 Å². The van der Waals surface area contributed by atoms with Gasteiger partial charge in [-0.25, -0.2) is 0 Å². The van der Waals surface area contributed by atoms with Crippen molar-refractivity contribution >= 4 is 11.6 Å². The Balaban J connectivity index is 2.26. The van der Waals surface area contributed by atoms with Gasteiger partial charge in [-0.15, -0.1) is 11.6 Å². The van der Waals surface area contributed by atoms with Crippen molar-refractivity contribution in [3.05, 3.63) is 0 Å². The molecular weight excluding hydrogens is 220 g/mol. The minimum atomic E-state index is 0.389. The fourth-order valence-corrected chi connectivity index (χ4v) is 3.00. The Kier molecular flexibility index (Phi) is 6.75. The SMILES string of the molecule is CCCOCCC1CC(C(C)C)CCC1Cl. The van der Waals surface area contributed by atoms with E-state index in [1.807, 2.05) is 0 Å². The second-order valence-corrected chi connectivity index (χ2v) is 6.05. The summed E-state index contributed by atoms with van der Waals surface area (Å²) in [7, 11) is 0. The maximum atomic E-state index is 6.41. The van der Waals surface area contributed by atoms with Gasteiger partial charge in [0.2, 0.25) is 0 Å². The molecule has 0 bridgehead atoms. The van der Waals surface area contributed by atoms with Crippen molar-refractivity contribution < 1.29 is 4.74 Å². The number of halogens is 1. The third-order valence-corrected chi connectivity index (χ3v) is 4.43. The van der Waals surface area contributed by atoms with Crippen LogP contribution >= 0.6 is 11.6 Å². The molecule has 0 aromatic heterocycles. The van der Waals surface area contributed by atoms with E-state index in [9.17, 15) is 0 Å². The summed E-state index contributed by atoms with van der Waals surface area (Å²) in [5, 5.41) is 0.389. The summed E-state index contributed by atoms with van der Waals surface area (Å²) in [4.78, 5) is 0. The summed E-state index contributed by atoms with van der Waals surface area (Å²) >= 11 is 6.41. The van der Waals surface area contributed by atoms with Gasteiger partial charge in [0.15, 0.2) is 0 Å². The van der Waals surface area contributed by atoms with Crippen molar-refractivity contribution in [1.29, 1.82) is 0 Å². The van der Waals surface area contributed by atoms with E-state index in [1.54, 1.807) is 0 Å². The lowest BCUT2D eigenvalue weighted by Crippen LogP contribution is -2.28. The maximum absolute atomic E-state index is 6.41. The van der Waals surface area contributed by atoms with E-state index < -0.39 is 0 Å². The standard InChI is InChI=1S/C14H27ClO/c1-4-8-16-9-7-13-10-12(11(2)3)5-6-14(13)15/h11-14H,4-10H2,1-3H3. The van der Waals surface area contributed by atoms with Gasteiger partial charge < -0.3 is 4.74 Å². The van der Waals surface area contributed by atoms with E-state index in [0.717, 1.165) is 37.9 Å². The first-order valence-electron chi connectivity index (χ1n) is 6.87. The van der Waals surface area contributed by atoms with Gasteiger partial charge in [-0.3, -0.25) is 0 Å². The van der Waals surface area contributed by atoms with Gasteiger partial charge >= 0.3 is 0 Å². The lowest BCUT2D eigenvalue weighted by Gasteiger charge is -2.35. The molecule has 1 aliphatic rings. The fraction of sp³-hybridized carbons (Fsp3) is 1.00. The van der Waals surface area contributed by atoms with E-state index in [0.29, 0.717) is 11.3 Å². The lowest BCUT2D eigenvalue weighted by atomic mass is 9.75. The van der Waals surface area contributed by atoms with Crippen molar-refractivity contribution in [3.63, 3.8) is 0 Å². The Morgan fingerprint density at radius 1 is 1.25 bits per heavy atom. The predicted molar refractivity (Wildman–Crippen MR) is 71.0 cm³/mol. The molecule has 2 heteroatoms. The summed E-state index contributed by atoms with van der Waals surface area (Å²) < 4.78 is 5.57. The van der Waals surface area contributed by atoms with Crippen LogP contribution in [0.3, 0.4) is 0 Å². The summed E-state index contributed by atoms with van der Waals surface area (Å²) in [6.45, 7) is 8.62. The number of hydrogen-bond acceptors (Lipinski definition) is 1. The predicted octanol–water partition coefficient (Wildman–Crippen LogP) is 4.48. The highest BCUT2D eigenvalue weighted by Gasteiger charge is 2.30. The Labute approximate surface area is 106 Å². The van der Waals surface area contributed by atoms with Gasteiger partial charge in [0.1, 0.15) is 0 Å². The van der Waals surface area contributed by atoms with Crippen molar-refractivity contribution in [2.24, 2.45) is 17.8 Å². The molecule has 3 unspecified atom stereocenters. The van der Waals surface area contributed by atoms with Gasteiger partial charge in [-0.05, 0) is 49.9 Å². The van der Waals surface area contributed by atoms with Crippen LogP contribution in [0, 0.1) is 17.8 Å². The van der Waals surface area contributed by atoms with Gasteiger partial charge in [0.05, 0.1) is 0 Å². The van der Waals surface area contributed by atoms with Crippen LogP contribution < -0.4 is 0 Å². The van der Waals surface area contributed by atoms with E-state index in [-0.39, 0.29) is 0 Å². The first-order chi connectivity index (χ1) is 7.65. The number of ether oxygens (including phenoxy) is 1. The topological polar surface area (TPSA) is 9.23 Å². The van der Waals surface area contributed by atoms with Gasteiger partial charge in [0, 0.05) is 18.6 Å². The zero-order valence-electron chi connectivity index (χ0n) is 11.0. The molecule has 0 aromatic rings. The molecule has 0 aliphatic heterocycles. The monoisotopic (exact) mass is 246 g/mol. The van der Waals surface area contributed by atoms with Crippen LogP contribution in [0.4, 0.5) is 0 Å².